The molecule has 0 radical (unpaired) electrons. The summed E-state index contributed by atoms with van der Waals surface area (Å²) in [6.45, 7) is 3.32. The summed E-state index contributed by atoms with van der Waals surface area (Å²) in [5.41, 5.74) is 1.20. The van der Waals surface area contributed by atoms with Crippen LogP contribution in [0.3, 0.4) is 0 Å². The van der Waals surface area contributed by atoms with E-state index in [4.69, 9.17) is 23.7 Å². The van der Waals surface area contributed by atoms with Crippen molar-refractivity contribution >= 4 is 34.8 Å². The number of imide groups is 1. The molecule has 8 rings (SSSR count). The minimum atomic E-state index is -1.32. The number of rotatable bonds is 16. The van der Waals surface area contributed by atoms with E-state index in [1.54, 1.807) is 52.3 Å². The van der Waals surface area contributed by atoms with Crippen LogP contribution >= 0.6 is 0 Å². The Bertz CT molecular complexity index is 2550. The van der Waals surface area contributed by atoms with Crippen LogP contribution in [0.2, 0.25) is 0 Å². The maximum atomic E-state index is 13.2. The van der Waals surface area contributed by atoms with Gasteiger partial charge in [-0.1, -0.05) is 80.6 Å². The van der Waals surface area contributed by atoms with Crippen LogP contribution in [0.1, 0.15) is 63.9 Å². The Morgan fingerprint density at radius 1 is 0.855 bits per heavy atom. The molecule has 0 bridgehead atoms. The number of H-pyrrole nitrogens is 1. The Kier molecular flexibility index (Phi) is 12.0. The number of ether oxygens (including phenoxy) is 5. The number of anilines is 1. The highest BCUT2D eigenvalue weighted by Crippen LogP contribution is 2.43. The van der Waals surface area contributed by atoms with Gasteiger partial charge in [0.25, 0.3) is 17.4 Å². The fourth-order valence-electron chi connectivity index (χ4n) is 7.86. The molecule has 0 spiro atoms. The van der Waals surface area contributed by atoms with Crippen molar-refractivity contribution in [2.75, 3.05) is 39.3 Å². The Morgan fingerprint density at radius 3 is 2.02 bits per heavy atom. The predicted molar refractivity (Wildman–Crippen MR) is 226 cm³/mol. The zero-order chi connectivity index (χ0) is 43.5. The number of carbonyl (C=O) groups is 3. The number of amides is 3. The topological polar surface area (TPSA) is 196 Å². The number of fused-ring (bicyclic) bond motifs is 2. The van der Waals surface area contributed by atoms with Crippen LogP contribution < -0.4 is 20.3 Å². The molecule has 16 heteroatoms. The van der Waals surface area contributed by atoms with Crippen molar-refractivity contribution in [1.29, 1.82) is 0 Å². The highest BCUT2D eigenvalue weighted by molar-refractivity contribution is 6.21. The number of nitrogens with zero attached hydrogens (tertiary/aromatic N) is 4. The molecule has 2 aliphatic heterocycles. The van der Waals surface area contributed by atoms with Gasteiger partial charge in [-0.2, -0.15) is 4.98 Å². The Balaban J connectivity index is 1.13. The van der Waals surface area contributed by atoms with Crippen molar-refractivity contribution in [1.82, 2.24) is 24.4 Å². The van der Waals surface area contributed by atoms with Crippen LogP contribution in [0.4, 0.5) is 5.95 Å². The van der Waals surface area contributed by atoms with Crippen molar-refractivity contribution in [2.24, 2.45) is 5.92 Å². The molecular formula is C46H46N6O10. The van der Waals surface area contributed by atoms with E-state index >= 15 is 0 Å². The van der Waals surface area contributed by atoms with Crippen LogP contribution in [0.15, 0.2) is 114 Å². The third kappa shape index (κ3) is 7.84. The third-order valence-electron chi connectivity index (χ3n) is 11.1. The van der Waals surface area contributed by atoms with Crippen LogP contribution in [-0.4, -0.2) is 99.5 Å². The summed E-state index contributed by atoms with van der Waals surface area (Å²) in [7, 11) is 3.19. The second kappa shape index (κ2) is 17.7. The van der Waals surface area contributed by atoms with Crippen LogP contribution in [-0.2, 0) is 24.6 Å². The van der Waals surface area contributed by atoms with Crippen molar-refractivity contribution in [2.45, 2.75) is 50.4 Å². The van der Waals surface area contributed by atoms with Gasteiger partial charge in [0.05, 0.1) is 38.3 Å². The number of hydrogen-bond donors (Lipinski definition) is 3. The molecule has 6 aromatic rings. The first kappa shape index (κ1) is 42.0. The number of methoxy groups -OCH3 is 2. The van der Waals surface area contributed by atoms with Gasteiger partial charge in [0.15, 0.2) is 17.4 Å². The number of benzene rings is 4. The van der Waals surface area contributed by atoms with Gasteiger partial charge < -0.3 is 28.8 Å². The second-order valence-corrected chi connectivity index (χ2v) is 15.2. The van der Waals surface area contributed by atoms with Gasteiger partial charge in [-0.3, -0.25) is 38.9 Å². The number of carbonyl (C=O) groups excluding carboxylic acids is 3. The summed E-state index contributed by atoms with van der Waals surface area (Å²) in [5.74, 6) is -0.323. The first-order valence-corrected chi connectivity index (χ1v) is 20.2. The number of aromatic nitrogens is 4. The number of imidazole rings is 1. The summed E-state index contributed by atoms with van der Waals surface area (Å²) in [5, 5.41) is 14.8. The monoisotopic (exact) mass is 842 g/mol. The first-order chi connectivity index (χ1) is 30.0. The van der Waals surface area contributed by atoms with Crippen LogP contribution in [0.5, 0.6) is 11.5 Å². The number of aliphatic hydroxyl groups is 1. The smallest absolute Gasteiger partial charge is 0.280 e. The molecule has 2 aliphatic rings. The minimum absolute atomic E-state index is 0.00452. The molecule has 0 saturated carbocycles. The molecule has 3 amide bonds. The molecule has 4 heterocycles. The van der Waals surface area contributed by atoms with E-state index in [1.165, 1.54) is 15.8 Å². The zero-order valence-corrected chi connectivity index (χ0v) is 34.5. The number of hydrogen-bond acceptors (Lipinski definition) is 12. The predicted octanol–water partition coefficient (Wildman–Crippen LogP) is 5.07. The molecule has 2 aromatic heterocycles. The van der Waals surface area contributed by atoms with Crippen molar-refractivity contribution in [3.05, 3.63) is 148 Å². The van der Waals surface area contributed by atoms with E-state index in [-0.39, 0.29) is 61.0 Å². The van der Waals surface area contributed by atoms with Gasteiger partial charge >= 0.3 is 0 Å². The van der Waals surface area contributed by atoms with E-state index in [9.17, 15) is 24.3 Å². The van der Waals surface area contributed by atoms with Crippen molar-refractivity contribution in [3.63, 3.8) is 0 Å². The van der Waals surface area contributed by atoms with Crippen LogP contribution in [0, 0.1) is 5.92 Å². The molecule has 62 heavy (non-hydrogen) atoms. The molecule has 4 aromatic carbocycles. The summed E-state index contributed by atoms with van der Waals surface area (Å²) >= 11 is 0. The minimum Gasteiger partial charge on any atom is -0.497 e. The highest BCUT2D eigenvalue weighted by atomic mass is 16.6. The Hall–Kier alpha value is -6.72. The van der Waals surface area contributed by atoms with E-state index in [2.05, 4.69) is 20.3 Å². The van der Waals surface area contributed by atoms with Gasteiger partial charge in [-0.05, 0) is 59.5 Å². The summed E-state index contributed by atoms with van der Waals surface area (Å²) in [6.07, 6.45) is -2.95. The van der Waals surface area contributed by atoms with Crippen molar-refractivity contribution < 1.29 is 43.2 Å². The van der Waals surface area contributed by atoms with Gasteiger partial charge in [-0.25, -0.2) is 4.98 Å². The van der Waals surface area contributed by atoms with Gasteiger partial charge in [0, 0.05) is 19.1 Å². The molecule has 3 N–H and O–H groups in total. The SMILES string of the molecule is COc1ccc(C(OC[C@H]2O[C@@H](n3cnc4c(=O)[nH]c(NC(=O)C(C)C)nc43)[C@H](OCCCN3C(=O)c4ccccc4C3=O)[C@@H]2O)(c2ccccc2)c2ccc(OC)cc2)cc1. The Labute approximate surface area is 356 Å². The zero-order valence-electron chi connectivity index (χ0n) is 34.5. The molecule has 320 valence electrons. The standard InChI is InChI=1S/C46H46N6O10/c1-27(2)40(54)49-45-48-39-36(41(55)50-45)47-26-52(39)44-38(60-24-10-23-51-42(56)33-13-8-9-14-34(33)43(51)57)37(53)35(62-44)25-61-46(28-11-6-5-7-12-28,29-15-19-31(58-3)20-16-29)30-17-21-32(59-4)22-18-30/h5-9,11-22,26-27,35,37-38,44,53H,10,23-25H2,1-4H3,(H2,48,49,50,54,55)/t35-,37-,38-,44-/m1/s1. The quantitative estimate of drug-likeness (QED) is 0.0666. The van der Waals surface area contributed by atoms with E-state index in [1.807, 2.05) is 78.9 Å². The molecule has 0 unspecified atom stereocenters. The number of nitrogens with one attached hydrogen (secondary N) is 2. The van der Waals surface area contributed by atoms with E-state index < -0.39 is 41.6 Å². The average Bonchev–Trinajstić information content (AvgIpc) is 3.94. The lowest BCUT2D eigenvalue weighted by Gasteiger charge is -2.37. The van der Waals surface area contributed by atoms with E-state index in [0.29, 0.717) is 22.6 Å². The fourth-order valence-corrected chi connectivity index (χ4v) is 7.86. The lowest BCUT2D eigenvalue weighted by molar-refractivity contribution is -0.118. The molecule has 1 fully saturated rings. The lowest BCUT2D eigenvalue weighted by Crippen LogP contribution is -2.40. The lowest BCUT2D eigenvalue weighted by atomic mass is 9.80. The fraction of sp³-hybridized carbons (Fsp3) is 0.304. The van der Waals surface area contributed by atoms with Gasteiger partial charge in [0.2, 0.25) is 11.9 Å². The largest absolute Gasteiger partial charge is 0.497 e. The average molecular weight is 843 g/mol. The van der Waals surface area contributed by atoms with Gasteiger partial charge in [0.1, 0.15) is 35.4 Å². The van der Waals surface area contributed by atoms with Crippen molar-refractivity contribution in [3.8, 4) is 11.5 Å². The first-order valence-electron chi connectivity index (χ1n) is 20.2. The van der Waals surface area contributed by atoms with Crippen LogP contribution in [0.25, 0.3) is 11.2 Å². The molecule has 1 saturated heterocycles. The molecule has 16 nitrogen and oxygen atoms in total. The van der Waals surface area contributed by atoms with Gasteiger partial charge in [-0.15, -0.1) is 0 Å². The highest BCUT2D eigenvalue weighted by Gasteiger charge is 2.48. The summed E-state index contributed by atoms with van der Waals surface area (Å²) < 4.78 is 32.6. The normalized spacial score (nSPS) is 18.7. The summed E-state index contributed by atoms with van der Waals surface area (Å²) in [4.78, 5) is 64.5. The maximum absolute atomic E-state index is 13.2. The third-order valence-corrected chi connectivity index (χ3v) is 11.1. The molecular weight excluding hydrogens is 797 g/mol. The maximum Gasteiger partial charge on any atom is 0.280 e. The molecule has 4 atom stereocenters. The number of aromatic amines is 1. The summed E-state index contributed by atoms with van der Waals surface area (Å²) in [6, 6.07) is 31.4. The second-order valence-electron chi connectivity index (χ2n) is 15.2. The van der Waals surface area contributed by atoms with E-state index in [0.717, 1.165) is 16.7 Å². The Morgan fingerprint density at radius 2 is 1.44 bits per heavy atom. The molecule has 0 aliphatic carbocycles. The number of aliphatic hydroxyl groups excluding tert-OH is 1.